The highest BCUT2D eigenvalue weighted by Crippen LogP contribution is 2.41. The first kappa shape index (κ1) is 15.4. The van der Waals surface area contributed by atoms with Gasteiger partial charge >= 0.3 is 0 Å². The number of aliphatic hydroxyl groups is 2. The predicted octanol–water partition coefficient (Wildman–Crippen LogP) is -1.57. The number of nitrogen functional groups attached to an aromatic ring is 1. The van der Waals surface area contributed by atoms with Crippen LogP contribution in [-0.2, 0) is 4.74 Å². The van der Waals surface area contributed by atoms with Crippen LogP contribution in [0.3, 0.4) is 0 Å². The number of aromatic amines is 1. The van der Waals surface area contributed by atoms with Crippen molar-refractivity contribution in [2.45, 2.75) is 17.9 Å². The van der Waals surface area contributed by atoms with Gasteiger partial charge in [-0.05, 0) is 0 Å². The van der Waals surface area contributed by atoms with E-state index in [0.717, 1.165) is 0 Å². The molecule has 0 saturated carbocycles. The fourth-order valence-electron chi connectivity index (χ4n) is 2.94. The van der Waals surface area contributed by atoms with Gasteiger partial charge in [-0.2, -0.15) is 4.98 Å². The van der Waals surface area contributed by atoms with Crippen LogP contribution in [0.25, 0.3) is 0 Å². The Morgan fingerprint density at radius 2 is 2.43 bits per heavy atom. The average molecular weight is 319 g/mol. The van der Waals surface area contributed by atoms with E-state index in [4.69, 9.17) is 16.9 Å². The lowest BCUT2D eigenvalue weighted by Crippen LogP contribution is -2.43. The van der Waals surface area contributed by atoms with E-state index >= 15 is 0 Å². The van der Waals surface area contributed by atoms with E-state index < -0.39 is 36.0 Å². The Balaban J connectivity index is 2.03. The Bertz CT molecular complexity index is 742. The van der Waals surface area contributed by atoms with Gasteiger partial charge in [0, 0.05) is 0 Å². The third-order valence-electron chi connectivity index (χ3n) is 4.18. The molecule has 1 aromatic heterocycles. The molecule has 4 atom stereocenters. The Morgan fingerprint density at radius 1 is 1.70 bits per heavy atom. The van der Waals surface area contributed by atoms with Crippen LogP contribution in [0.4, 0.5) is 17.5 Å². The number of rotatable bonds is 3. The zero-order valence-electron chi connectivity index (χ0n) is 12.2. The van der Waals surface area contributed by atoms with Crippen LogP contribution in [0.2, 0.25) is 0 Å². The predicted molar refractivity (Wildman–Crippen MR) is 83.5 cm³/mol. The van der Waals surface area contributed by atoms with Crippen LogP contribution in [0.1, 0.15) is 0 Å². The molecular weight excluding hydrogens is 302 g/mol. The number of fused-ring (bicyclic) bond motifs is 1. The summed E-state index contributed by atoms with van der Waals surface area (Å²) in [6, 6.07) is 0. The van der Waals surface area contributed by atoms with Crippen molar-refractivity contribution in [1.82, 2.24) is 9.97 Å². The number of ether oxygens (including phenoxy) is 1. The summed E-state index contributed by atoms with van der Waals surface area (Å²) in [4.78, 5) is 20.0. The molecule has 3 heterocycles. The van der Waals surface area contributed by atoms with Crippen LogP contribution in [0.15, 0.2) is 17.4 Å². The minimum atomic E-state index is -1.54. The Hall–Kier alpha value is -2.54. The third-order valence-corrected chi connectivity index (χ3v) is 4.18. The second kappa shape index (κ2) is 5.27. The first-order valence-electron chi connectivity index (χ1n) is 6.95. The summed E-state index contributed by atoms with van der Waals surface area (Å²) in [5.74, 6) is 1.97. The number of hydrogen-bond donors (Lipinski definition) is 5. The molecule has 0 amide bonds. The summed E-state index contributed by atoms with van der Waals surface area (Å²) in [5.41, 5.74) is 3.89. The van der Waals surface area contributed by atoms with E-state index in [-0.39, 0.29) is 18.3 Å². The van der Waals surface area contributed by atoms with E-state index in [2.05, 4.69) is 27.8 Å². The van der Waals surface area contributed by atoms with Gasteiger partial charge in [0.15, 0.2) is 11.4 Å². The minimum Gasteiger partial charge on any atom is -0.392 e. The number of hydrogen-bond acceptors (Lipinski definition) is 8. The molecule has 0 aliphatic carbocycles. The van der Waals surface area contributed by atoms with Gasteiger partial charge in [-0.1, -0.05) is 12.0 Å². The van der Waals surface area contributed by atoms with Crippen molar-refractivity contribution >= 4 is 17.5 Å². The number of nitrogens with two attached hydrogens (primary N) is 1. The van der Waals surface area contributed by atoms with Gasteiger partial charge in [0.1, 0.15) is 18.0 Å². The van der Waals surface area contributed by atoms with Gasteiger partial charge in [0.05, 0.1) is 19.2 Å². The molecule has 3 rings (SSSR count). The van der Waals surface area contributed by atoms with Crippen molar-refractivity contribution in [3.05, 3.63) is 23.0 Å². The lowest BCUT2D eigenvalue weighted by atomic mass is 9.90. The molecule has 1 aromatic rings. The first-order chi connectivity index (χ1) is 11.0. The fraction of sp³-hybridized carbons (Fsp3) is 0.429. The third kappa shape index (κ3) is 2.08. The maximum absolute atomic E-state index is 11.9. The van der Waals surface area contributed by atoms with Crippen LogP contribution in [0.5, 0.6) is 0 Å². The number of nitrogens with one attached hydrogen (secondary N) is 2. The Kier molecular flexibility index (Phi) is 3.52. The lowest BCUT2D eigenvalue weighted by Gasteiger charge is -2.28. The highest BCUT2D eigenvalue weighted by Gasteiger charge is 2.55. The van der Waals surface area contributed by atoms with Gasteiger partial charge in [-0.25, -0.2) is 0 Å². The minimum absolute atomic E-state index is 0.0403. The molecule has 1 fully saturated rings. The lowest BCUT2D eigenvalue weighted by molar-refractivity contribution is -0.0710. The summed E-state index contributed by atoms with van der Waals surface area (Å²) in [5, 5.41) is 22.9. The molecule has 0 radical (unpaired) electrons. The molecule has 0 aromatic carbocycles. The monoisotopic (exact) mass is 319 g/mol. The summed E-state index contributed by atoms with van der Waals surface area (Å²) >= 11 is 0. The van der Waals surface area contributed by atoms with E-state index in [9.17, 15) is 15.0 Å². The van der Waals surface area contributed by atoms with Crippen molar-refractivity contribution in [1.29, 1.82) is 0 Å². The number of aliphatic hydroxyl groups excluding tert-OH is 2. The van der Waals surface area contributed by atoms with Crippen molar-refractivity contribution in [3.8, 4) is 12.3 Å². The molecular formula is C14H17N5O4. The molecule has 1 saturated heterocycles. The Labute approximate surface area is 131 Å². The van der Waals surface area contributed by atoms with Gasteiger partial charge in [-0.3, -0.25) is 9.78 Å². The molecule has 0 unspecified atom stereocenters. The summed E-state index contributed by atoms with van der Waals surface area (Å²) in [6.45, 7) is 3.35. The normalized spacial score (nSPS) is 32.2. The maximum Gasteiger partial charge on any atom is 0.277 e. The number of terminal acetylenes is 1. The molecule has 9 heteroatoms. The quantitative estimate of drug-likeness (QED) is 0.333. The Morgan fingerprint density at radius 3 is 3.04 bits per heavy atom. The van der Waals surface area contributed by atoms with Crippen LogP contribution in [0, 0.1) is 18.3 Å². The van der Waals surface area contributed by atoms with Crippen LogP contribution >= 0.6 is 0 Å². The van der Waals surface area contributed by atoms with E-state index in [1.807, 2.05) is 0 Å². The van der Waals surface area contributed by atoms with Crippen molar-refractivity contribution in [3.63, 3.8) is 0 Å². The standard InChI is InChI=1S/C14H17N5O4/c1-3-7-9(21)14(4-2,5-20)23-12(7)19-6-16-8-10(19)17-13(15)18-11(8)22/h2-3,7,9,12,16,20-21H,1,5-6H2,(H3,15,17,18,22)/t7-,9-,12+,14+/m0/s1. The molecule has 122 valence electrons. The molecule has 0 bridgehead atoms. The highest BCUT2D eigenvalue weighted by molar-refractivity contribution is 5.71. The number of nitrogens with zero attached hydrogens (tertiary/aromatic N) is 2. The number of aromatic nitrogens is 2. The number of H-pyrrole nitrogens is 1. The van der Waals surface area contributed by atoms with E-state index in [1.165, 1.54) is 6.08 Å². The van der Waals surface area contributed by atoms with Crippen molar-refractivity contribution in [2.24, 2.45) is 5.92 Å². The smallest absolute Gasteiger partial charge is 0.277 e. The molecule has 9 nitrogen and oxygen atoms in total. The number of anilines is 3. The zero-order chi connectivity index (χ0) is 16.8. The SMILES string of the molecule is C#C[C@]1(CO)O[C@@H](N2CNc3c2nc(N)[nH]c3=O)[C@@H](C=C)[C@@H]1O. The molecule has 2 aliphatic rings. The van der Waals surface area contributed by atoms with Gasteiger partial charge in [0.25, 0.3) is 5.56 Å². The van der Waals surface area contributed by atoms with Crippen LogP contribution in [-0.4, -0.2) is 51.4 Å². The summed E-state index contributed by atoms with van der Waals surface area (Å²) in [6.07, 6.45) is 5.03. The largest absolute Gasteiger partial charge is 0.392 e. The highest BCUT2D eigenvalue weighted by atomic mass is 16.6. The molecule has 6 N–H and O–H groups in total. The second-order valence-corrected chi connectivity index (χ2v) is 5.41. The van der Waals surface area contributed by atoms with Crippen molar-refractivity contribution in [2.75, 3.05) is 29.2 Å². The molecule has 2 aliphatic heterocycles. The summed E-state index contributed by atoms with van der Waals surface area (Å²) < 4.78 is 5.77. The van der Waals surface area contributed by atoms with Crippen molar-refractivity contribution < 1.29 is 14.9 Å². The van der Waals surface area contributed by atoms with Gasteiger partial charge in [-0.15, -0.1) is 13.0 Å². The van der Waals surface area contributed by atoms with Gasteiger partial charge < -0.3 is 30.9 Å². The van der Waals surface area contributed by atoms with E-state index in [1.54, 1.807) is 4.90 Å². The van der Waals surface area contributed by atoms with Crippen LogP contribution < -0.4 is 21.5 Å². The molecule has 0 spiro atoms. The molecule has 23 heavy (non-hydrogen) atoms. The topological polar surface area (TPSA) is 137 Å². The second-order valence-electron chi connectivity index (χ2n) is 5.41. The fourth-order valence-corrected chi connectivity index (χ4v) is 2.94. The maximum atomic E-state index is 11.9. The average Bonchev–Trinajstić information content (AvgIpc) is 3.06. The van der Waals surface area contributed by atoms with E-state index in [0.29, 0.717) is 5.82 Å². The zero-order valence-corrected chi connectivity index (χ0v) is 12.2. The van der Waals surface area contributed by atoms with Gasteiger partial charge in [0.2, 0.25) is 5.95 Å². The first-order valence-corrected chi connectivity index (χ1v) is 6.95. The summed E-state index contributed by atoms with van der Waals surface area (Å²) in [7, 11) is 0.